The number of benzene rings is 2. The highest BCUT2D eigenvalue weighted by Crippen LogP contribution is 2.29. The molecule has 1 aromatic heterocycles. The number of nitrogens with zero attached hydrogens (tertiary/aromatic N) is 1. The van der Waals surface area contributed by atoms with Gasteiger partial charge in [-0.3, -0.25) is 4.79 Å². The lowest BCUT2D eigenvalue weighted by molar-refractivity contribution is -0.136. The first-order chi connectivity index (χ1) is 12.2. The summed E-state index contributed by atoms with van der Waals surface area (Å²) in [6, 6.07) is 8.40. The number of hydrogen-bond donors (Lipinski definition) is 1. The Labute approximate surface area is 154 Å². The number of aryl methyl sites for hydroxylation is 2. The first-order valence-corrected chi connectivity index (χ1v) is 9.55. The van der Waals surface area contributed by atoms with Crippen molar-refractivity contribution < 1.29 is 22.7 Å². The van der Waals surface area contributed by atoms with Crippen LogP contribution in [-0.2, 0) is 21.2 Å². The summed E-state index contributed by atoms with van der Waals surface area (Å²) >= 11 is 6.01. The van der Waals surface area contributed by atoms with E-state index in [2.05, 4.69) is 0 Å². The number of halogens is 2. The maximum atomic E-state index is 13.9. The van der Waals surface area contributed by atoms with Crippen LogP contribution in [0.3, 0.4) is 0 Å². The highest BCUT2D eigenvalue weighted by atomic mass is 35.5. The quantitative estimate of drug-likeness (QED) is 0.708. The van der Waals surface area contributed by atoms with Crippen molar-refractivity contribution in [2.24, 2.45) is 0 Å². The van der Waals surface area contributed by atoms with Gasteiger partial charge in [-0.15, -0.1) is 0 Å². The number of fused-ring (bicyclic) bond motifs is 1. The number of carboxylic acids is 1. The minimum absolute atomic E-state index is 0.148. The average molecular weight is 396 g/mol. The number of hydrogen-bond acceptors (Lipinski definition) is 3. The number of aromatic nitrogens is 1. The third-order valence-corrected chi connectivity index (χ3v) is 6.03. The molecule has 0 saturated carbocycles. The topological polar surface area (TPSA) is 76.4 Å². The van der Waals surface area contributed by atoms with Gasteiger partial charge in [0.1, 0.15) is 5.82 Å². The summed E-state index contributed by atoms with van der Waals surface area (Å²) in [5.74, 6) is -1.60. The molecule has 3 aromatic rings. The summed E-state index contributed by atoms with van der Waals surface area (Å²) in [5.41, 5.74) is 1.24. The fraction of sp³-hybridized carbons (Fsp3) is 0.167. The highest BCUT2D eigenvalue weighted by Gasteiger charge is 2.22. The molecule has 5 nitrogen and oxygen atoms in total. The summed E-state index contributed by atoms with van der Waals surface area (Å²) in [6.45, 7) is 1.54. The Balaban J connectivity index is 2.20. The molecule has 1 heterocycles. The number of carbonyl (C=O) groups is 1. The minimum atomic E-state index is -4.05. The van der Waals surface area contributed by atoms with E-state index in [1.54, 1.807) is 25.1 Å². The Morgan fingerprint density at radius 3 is 2.62 bits per heavy atom. The monoisotopic (exact) mass is 395 g/mol. The van der Waals surface area contributed by atoms with E-state index >= 15 is 0 Å². The molecule has 26 heavy (non-hydrogen) atoms. The Hall–Kier alpha value is -2.38. The van der Waals surface area contributed by atoms with Crippen LogP contribution in [0.5, 0.6) is 0 Å². The summed E-state index contributed by atoms with van der Waals surface area (Å²) in [7, 11) is -4.05. The van der Waals surface area contributed by atoms with Crippen LogP contribution < -0.4 is 0 Å². The van der Waals surface area contributed by atoms with Gasteiger partial charge in [0.05, 0.1) is 10.4 Å². The molecular weight excluding hydrogens is 381 g/mol. The van der Waals surface area contributed by atoms with Gasteiger partial charge >= 0.3 is 5.97 Å². The first kappa shape index (κ1) is 18.4. The molecule has 0 aliphatic carbocycles. The van der Waals surface area contributed by atoms with E-state index in [4.69, 9.17) is 16.7 Å². The van der Waals surface area contributed by atoms with Crippen molar-refractivity contribution in [3.8, 4) is 0 Å². The van der Waals surface area contributed by atoms with Crippen molar-refractivity contribution in [1.82, 2.24) is 3.97 Å². The number of aliphatic carboxylic acids is 1. The smallest absolute Gasteiger partial charge is 0.303 e. The fourth-order valence-electron chi connectivity index (χ4n) is 2.73. The van der Waals surface area contributed by atoms with Gasteiger partial charge in [0.15, 0.2) is 0 Å². The van der Waals surface area contributed by atoms with Gasteiger partial charge in [-0.1, -0.05) is 17.7 Å². The molecule has 2 aromatic carbocycles. The van der Waals surface area contributed by atoms with Crippen LogP contribution in [0, 0.1) is 12.7 Å². The molecule has 0 atom stereocenters. The second kappa shape index (κ2) is 6.74. The molecule has 1 N–H and O–H groups in total. The Morgan fingerprint density at radius 1 is 1.23 bits per heavy atom. The molecular formula is C18H15ClFNO4S. The third kappa shape index (κ3) is 3.32. The van der Waals surface area contributed by atoms with Gasteiger partial charge in [0.2, 0.25) is 0 Å². The van der Waals surface area contributed by atoms with Crippen LogP contribution in [-0.4, -0.2) is 23.5 Å². The normalized spacial score (nSPS) is 11.8. The van der Waals surface area contributed by atoms with E-state index in [1.807, 2.05) is 0 Å². The molecule has 0 bridgehead atoms. The van der Waals surface area contributed by atoms with E-state index in [0.29, 0.717) is 27.1 Å². The summed E-state index contributed by atoms with van der Waals surface area (Å²) < 4.78 is 40.9. The second-order valence-electron chi connectivity index (χ2n) is 5.92. The zero-order valence-electron chi connectivity index (χ0n) is 13.7. The molecule has 0 aliphatic heterocycles. The van der Waals surface area contributed by atoms with Crippen molar-refractivity contribution >= 4 is 38.5 Å². The van der Waals surface area contributed by atoms with Gasteiger partial charge in [-0.2, -0.15) is 0 Å². The predicted octanol–water partition coefficient (Wildman–Crippen LogP) is 4.00. The molecule has 0 saturated heterocycles. The van der Waals surface area contributed by atoms with Crippen LogP contribution in [0.25, 0.3) is 10.9 Å². The van der Waals surface area contributed by atoms with Crippen molar-refractivity contribution in [3.63, 3.8) is 0 Å². The molecule has 0 amide bonds. The second-order valence-corrected chi connectivity index (χ2v) is 8.17. The van der Waals surface area contributed by atoms with Crippen LogP contribution in [0.15, 0.2) is 47.5 Å². The maximum Gasteiger partial charge on any atom is 0.303 e. The van der Waals surface area contributed by atoms with Gasteiger partial charge in [0.25, 0.3) is 10.0 Å². The molecule has 0 spiro atoms. The van der Waals surface area contributed by atoms with Gasteiger partial charge in [0, 0.05) is 23.0 Å². The molecule has 136 valence electrons. The highest BCUT2D eigenvalue weighted by molar-refractivity contribution is 7.90. The largest absolute Gasteiger partial charge is 0.481 e. The Morgan fingerprint density at radius 2 is 1.96 bits per heavy atom. The van der Waals surface area contributed by atoms with Crippen LogP contribution in [0.4, 0.5) is 4.39 Å². The van der Waals surface area contributed by atoms with Crippen molar-refractivity contribution in [1.29, 1.82) is 0 Å². The average Bonchev–Trinajstić information content (AvgIpc) is 2.94. The standard InChI is InChI=1S/C18H15ClFNO4S/c1-11-2-5-14(9-16(11)20)26(24,25)21-10-12(3-7-18(22)23)15-8-13(19)4-6-17(15)21/h2,4-6,8-10H,3,7H2,1H3,(H,22,23). The molecule has 0 fully saturated rings. The lowest BCUT2D eigenvalue weighted by Gasteiger charge is -2.08. The van der Waals surface area contributed by atoms with Crippen molar-refractivity contribution in [2.45, 2.75) is 24.7 Å². The van der Waals surface area contributed by atoms with Gasteiger partial charge in [-0.25, -0.2) is 16.8 Å². The lowest BCUT2D eigenvalue weighted by atomic mass is 10.1. The minimum Gasteiger partial charge on any atom is -0.481 e. The van der Waals surface area contributed by atoms with Crippen molar-refractivity contribution in [3.05, 3.63) is 64.6 Å². The van der Waals surface area contributed by atoms with E-state index in [9.17, 15) is 17.6 Å². The van der Waals surface area contributed by atoms with Crippen LogP contribution in [0.2, 0.25) is 5.02 Å². The summed E-state index contributed by atoms with van der Waals surface area (Å²) in [5, 5.41) is 9.87. The molecule has 0 aliphatic rings. The Kier molecular flexibility index (Phi) is 4.77. The lowest BCUT2D eigenvalue weighted by Crippen LogP contribution is -2.12. The predicted molar refractivity (Wildman–Crippen MR) is 96.6 cm³/mol. The van der Waals surface area contributed by atoms with E-state index < -0.39 is 21.8 Å². The fourth-order valence-corrected chi connectivity index (χ4v) is 4.30. The summed E-state index contributed by atoms with van der Waals surface area (Å²) in [4.78, 5) is 10.7. The SMILES string of the molecule is Cc1ccc(S(=O)(=O)n2cc(CCC(=O)O)c3cc(Cl)ccc32)cc1F. The number of carboxylic acid groups (broad SMARTS) is 1. The third-order valence-electron chi connectivity index (χ3n) is 4.12. The van der Waals surface area contributed by atoms with Crippen molar-refractivity contribution in [2.75, 3.05) is 0 Å². The summed E-state index contributed by atoms with van der Waals surface area (Å²) in [6.07, 6.45) is 1.37. The molecule has 0 radical (unpaired) electrons. The Bertz CT molecular complexity index is 1120. The van der Waals surface area contributed by atoms with E-state index in [1.165, 1.54) is 18.3 Å². The zero-order chi connectivity index (χ0) is 19.1. The molecule has 3 rings (SSSR count). The van der Waals surface area contributed by atoms with Crippen LogP contribution in [0.1, 0.15) is 17.5 Å². The van der Waals surface area contributed by atoms with Crippen LogP contribution >= 0.6 is 11.6 Å². The zero-order valence-corrected chi connectivity index (χ0v) is 15.3. The molecule has 8 heteroatoms. The first-order valence-electron chi connectivity index (χ1n) is 7.73. The van der Waals surface area contributed by atoms with E-state index in [0.717, 1.165) is 10.0 Å². The van der Waals surface area contributed by atoms with Gasteiger partial charge < -0.3 is 5.11 Å². The maximum absolute atomic E-state index is 13.9. The molecule has 0 unspecified atom stereocenters. The number of rotatable bonds is 5. The van der Waals surface area contributed by atoms with Gasteiger partial charge in [-0.05, 0) is 54.8 Å². The van der Waals surface area contributed by atoms with E-state index in [-0.39, 0.29) is 17.7 Å².